The summed E-state index contributed by atoms with van der Waals surface area (Å²) in [6, 6.07) is 5.74. The van der Waals surface area contributed by atoms with Crippen LogP contribution in [-0.4, -0.2) is 0 Å². The molecule has 0 saturated carbocycles. The number of hydrogen-bond acceptors (Lipinski definition) is 1. The van der Waals surface area contributed by atoms with Crippen molar-refractivity contribution in [2.75, 3.05) is 0 Å². The molecule has 0 spiro atoms. The van der Waals surface area contributed by atoms with E-state index in [1.807, 2.05) is 31.4 Å². The lowest BCUT2D eigenvalue weighted by Crippen LogP contribution is -1.92. The third-order valence-electron chi connectivity index (χ3n) is 2.92. The molecule has 1 heterocycles. The summed E-state index contributed by atoms with van der Waals surface area (Å²) in [5, 5.41) is 1.19. The van der Waals surface area contributed by atoms with Gasteiger partial charge in [-0.15, -0.1) is 0 Å². The minimum absolute atomic E-state index is 0.592. The molecule has 1 aromatic heterocycles. The molecular weight excluding hydrogens is 255 g/mol. The van der Waals surface area contributed by atoms with Gasteiger partial charge < -0.3 is 4.42 Å². The summed E-state index contributed by atoms with van der Waals surface area (Å²) in [6.07, 6.45) is 3.65. The van der Waals surface area contributed by atoms with Crippen LogP contribution in [0.15, 0.2) is 28.9 Å². The summed E-state index contributed by atoms with van der Waals surface area (Å²) < 4.78 is 5.45. The Morgan fingerprint density at radius 2 is 1.94 bits per heavy atom. The quantitative estimate of drug-likeness (QED) is 0.760. The Morgan fingerprint density at radius 3 is 2.59 bits per heavy atom. The minimum Gasteiger partial charge on any atom is -0.469 e. The molecule has 2 rings (SSSR count). The first kappa shape index (κ1) is 12.5. The zero-order chi connectivity index (χ0) is 12.4. The van der Waals surface area contributed by atoms with Crippen LogP contribution in [0.3, 0.4) is 0 Å². The fourth-order valence-electron chi connectivity index (χ4n) is 2.02. The van der Waals surface area contributed by atoms with E-state index in [-0.39, 0.29) is 0 Å². The SMILES string of the molecule is CCc1c(Cc2ccc(Cl)c(Cl)c2)coc1C. The Bertz CT molecular complexity index is 529. The summed E-state index contributed by atoms with van der Waals surface area (Å²) in [7, 11) is 0. The lowest BCUT2D eigenvalue weighted by Gasteiger charge is -2.04. The van der Waals surface area contributed by atoms with Crippen molar-refractivity contribution in [2.45, 2.75) is 26.7 Å². The summed E-state index contributed by atoms with van der Waals surface area (Å²) in [6.45, 7) is 4.13. The van der Waals surface area contributed by atoms with E-state index >= 15 is 0 Å². The van der Waals surface area contributed by atoms with Crippen molar-refractivity contribution in [3.05, 3.63) is 57.0 Å². The Kier molecular flexibility index (Phi) is 3.80. The first-order chi connectivity index (χ1) is 8.11. The van der Waals surface area contributed by atoms with E-state index in [2.05, 4.69) is 6.92 Å². The van der Waals surface area contributed by atoms with Crippen LogP contribution < -0.4 is 0 Å². The van der Waals surface area contributed by atoms with Crippen LogP contribution in [0, 0.1) is 6.92 Å². The molecule has 0 bridgehead atoms. The fourth-order valence-corrected chi connectivity index (χ4v) is 2.34. The summed E-state index contributed by atoms with van der Waals surface area (Å²) in [4.78, 5) is 0. The lowest BCUT2D eigenvalue weighted by molar-refractivity contribution is 0.529. The summed E-state index contributed by atoms with van der Waals surface area (Å²) in [5.41, 5.74) is 3.66. The normalized spacial score (nSPS) is 10.8. The van der Waals surface area contributed by atoms with Crippen LogP contribution in [0.25, 0.3) is 0 Å². The van der Waals surface area contributed by atoms with Gasteiger partial charge in [0, 0.05) is 6.42 Å². The molecule has 2 aromatic rings. The van der Waals surface area contributed by atoms with Gasteiger partial charge in [-0.3, -0.25) is 0 Å². The van der Waals surface area contributed by atoms with E-state index in [9.17, 15) is 0 Å². The van der Waals surface area contributed by atoms with Crippen molar-refractivity contribution in [1.29, 1.82) is 0 Å². The van der Waals surface area contributed by atoms with Crippen molar-refractivity contribution < 1.29 is 4.42 Å². The van der Waals surface area contributed by atoms with Gasteiger partial charge in [-0.1, -0.05) is 36.2 Å². The molecule has 0 saturated heterocycles. The van der Waals surface area contributed by atoms with E-state index in [1.165, 1.54) is 11.1 Å². The van der Waals surface area contributed by atoms with Gasteiger partial charge >= 0.3 is 0 Å². The highest BCUT2D eigenvalue weighted by Crippen LogP contribution is 2.26. The molecule has 0 fully saturated rings. The van der Waals surface area contributed by atoms with Crippen LogP contribution in [0.4, 0.5) is 0 Å². The maximum atomic E-state index is 6.00. The number of furan rings is 1. The zero-order valence-corrected chi connectivity index (χ0v) is 11.4. The van der Waals surface area contributed by atoms with Crippen LogP contribution in [-0.2, 0) is 12.8 Å². The topological polar surface area (TPSA) is 13.1 Å². The van der Waals surface area contributed by atoms with Gasteiger partial charge in [-0.05, 0) is 42.2 Å². The molecule has 0 aliphatic heterocycles. The van der Waals surface area contributed by atoms with Crippen molar-refractivity contribution >= 4 is 23.2 Å². The summed E-state index contributed by atoms with van der Waals surface area (Å²) >= 11 is 11.9. The molecule has 0 aliphatic rings. The van der Waals surface area contributed by atoms with Gasteiger partial charge in [0.15, 0.2) is 0 Å². The van der Waals surface area contributed by atoms with E-state index in [0.29, 0.717) is 10.0 Å². The molecule has 90 valence electrons. The molecule has 1 nitrogen and oxygen atoms in total. The number of aryl methyl sites for hydroxylation is 1. The first-order valence-electron chi connectivity index (χ1n) is 5.61. The fraction of sp³-hybridized carbons (Fsp3) is 0.286. The Labute approximate surface area is 111 Å². The second-order valence-corrected chi connectivity index (χ2v) is 4.89. The largest absolute Gasteiger partial charge is 0.469 e. The van der Waals surface area contributed by atoms with Crippen LogP contribution >= 0.6 is 23.2 Å². The highest BCUT2D eigenvalue weighted by molar-refractivity contribution is 6.42. The van der Waals surface area contributed by atoms with Gasteiger partial charge in [-0.25, -0.2) is 0 Å². The second-order valence-electron chi connectivity index (χ2n) is 4.07. The Balaban J connectivity index is 2.28. The predicted molar refractivity (Wildman–Crippen MR) is 72.1 cm³/mol. The summed E-state index contributed by atoms with van der Waals surface area (Å²) in [5.74, 6) is 1.00. The minimum atomic E-state index is 0.592. The highest BCUT2D eigenvalue weighted by Gasteiger charge is 2.09. The maximum Gasteiger partial charge on any atom is 0.104 e. The van der Waals surface area contributed by atoms with Crippen molar-refractivity contribution in [1.82, 2.24) is 0 Å². The third kappa shape index (κ3) is 2.67. The molecule has 0 N–H and O–H groups in total. The average Bonchev–Trinajstić information content (AvgIpc) is 2.64. The predicted octanol–water partition coefficient (Wildman–Crippen LogP) is 5.05. The molecule has 3 heteroatoms. The maximum absolute atomic E-state index is 6.00. The lowest BCUT2D eigenvalue weighted by atomic mass is 10.0. The molecule has 0 aliphatic carbocycles. The number of halogens is 2. The molecular formula is C14H14Cl2O. The smallest absolute Gasteiger partial charge is 0.104 e. The van der Waals surface area contributed by atoms with Gasteiger partial charge in [0.05, 0.1) is 16.3 Å². The average molecular weight is 269 g/mol. The molecule has 0 amide bonds. The molecule has 0 radical (unpaired) electrons. The van der Waals surface area contributed by atoms with Gasteiger partial charge in [-0.2, -0.15) is 0 Å². The molecule has 0 atom stereocenters. The molecule has 0 unspecified atom stereocenters. The van der Waals surface area contributed by atoms with Crippen molar-refractivity contribution in [3.63, 3.8) is 0 Å². The standard InChI is InChI=1S/C14H14Cl2O/c1-3-12-9(2)17-8-11(12)6-10-4-5-13(15)14(16)7-10/h4-5,7-8H,3,6H2,1-2H3. The monoisotopic (exact) mass is 268 g/mol. The van der Waals surface area contributed by atoms with Gasteiger partial charge in [0.2, 0.25) is 0 Å². The van der Waals surface area contributed by atoms with E-state index in [0.717, 1.165) is 24.2 Å². The van der Waals surface area contributed by atoms with E-state index in [1.54, 1.807) is 0 Å². The van der Waals surface area contributed by atoms with Crippen molar-refractivity contribution in [2.24, 2.45) is 0 Å². The molecule has 17 heavy (non-hydrogen) atoms. The number of rotatable bonds is 3. The van der Waals surface area contributed by atoms with Crippen LogP contribution in [0.5, 0.6) is 0 Å². The Morgan fingerprint density at radius 1 is 1.18 bits per heavy atom. The third-order valence-corrected chi connectivity index (χ3v) is 3.66. The van der Waals surface area contributed by atoms with Crippen molar-refractivity contribution in [3.8, 4) is 0 Å². The highest BCUT2D eigenvalue weighted by atomic mass is 35.5. The zero-order valence-electron chi connectivity index (χ0n) is 9.89. The Hall–Kier alpha value is -0.920. The number of hydrogen-bond donors (Lipinski definition) is 0. The van der Waals surface area contributed by atoms with E-state index in [4.69, 9.17) is 27.6 Å². The first-order valence-corrected chi connectivity index (χ1v) is 6.37. The molecule has 1 aromatic carbocycles. The van der Waals surface area contributed by atoms with Crippen LogP contribution in [0.1, 0.15) is 29.4 Å². The van der Waals surface area contributed by atoms with Crippen LogP contribution in [0.2, 0.25) is 10.0 Å². The number of benzene rings is 1. The van der Waals surface area contributed by atoms with Gasteiger partial charge in [0.1, 0.15) is 5.76 Å². The second kappa shape index (κ2) is 5.16. The van der Waals surface area contributed by atoms with E-state index < -0.39 is 0 Å². The van der Waals surface area contributed by atoms with Gasteiger partial charge in [0.25, 0.3) is 0 Å².